The molecule has 0 aliphatic heterocycles. The summed E-state index contributed by atoms with van der Waals surface area (Å²) in [6, 6.07) is 16.8. The van der Waals surface area contributed by atoms with Gasteiger partial charge in [-0.1, -0.05) is 54.6 Å². The van der Waals surface area contributed by atoms with Gasteiger partial charge in [-0.2, -0.15) is 0 Å². The second kappa shape index (κ2) is 13.2. The number of aryl methyl sites for hydroxylation is 1. The molecule has 0 spiro atoms. The molecule has 0 radical (unpaired) electrons. The summed E-state index contributed by atoms with van der Waals surface area (Å²) in [5, 5.41) is 6.48. The Bertz CT molecular complexity index is 1630. The Morgan fingerprint density at radius 2 is 1.62 bits per heavy atom. The predicted octanol–water partition coefficient (Wildman–Crippen LogP) is 4.54. The average Bonchev–Trinajstić information content (AvgIpc) is 2.94. The summed E-state index contributed by atoms with van der Waals surface area (Å²) in [5.74, 6) is -0.799. The van der Waals surface area contributed by atoms with Crippen LogP contribution in [0.4, 0.5) is 10.5 Å². The van der Waals surface area contributed by atoms with Crippen LogP contribution < -0.4 is 21.0 Å². The first-order chi connectivity index (χ1) is 20.1. The van der Waals surface area contributed by atoms with Crippen molar-refractivity contribution < 1.29 is 23.9 Å². The van der Waals surface area contributed by atoms with E-state index in [1.807, 2.05) is 54.6 Å². The van der Waals surface area contributed by atoms with Crippen molar-refractivity contribution in [2.75, 3.05) is 11.9 Å². The Balaban J connectivity index is 1.72. The number of pyridine rings is 1. The van der Waals surface area contributed by atoms with Gasteiger partial charge < -0.3 is 24.9 Å². The second-order valence-corrected chi connectivity index (χ2v) is 10.5. The number of nitrogens with one attached hydrogen (secondary N) is 2. The van der Waals surface area contributed by atoms with Gasteiger partial charge in [-0.15, -0.1) is 4.73 Å². The van der Waals surface area contributed by atoms with Crippen LogP contribution >= 0.6 is 0 Å². The molecule has 0 bridgehead atoms. The van der Waals surface area contributed by atoms with E-state index < -0.39 is 23.2 Å². The van der Waals surface area contributed by atoms with Crippen molar-refractivity contribution in [2.24, 2.45) is 0 Å². The number of carbonyl (C=O) groups is 2. The molecular weight excluding hydrogens is 538 g/mol. The lowest BCUT2D eigenvalue weighted by Gasteiger charge is -2.21. The summed E-state index contributed by atoms with van der Waals surface area (Å²) < 4.78 is 11.7. The molecule has 42 heavy (non-hydrogen) atoms. The summed E-state index contributed by atoms with van der Waals surface area (Å²) in [4.78, 5) is 53.8. The lowest BCUT2D eigenvalue weighted by atomic mass is 10.1. The molecule has 0 unspecified atom stereocenters. The van der Waals surface area contributed by atoms with Crippen molar-refractivity contribution in [2.45, 2.75) is 59.9 Å². The standard InChI is InChI=1S/C31H35N5O6/c1-6-40-29(38)25-26(32-16-22-14-10-11-15-23(22)17-33-30(39)42-31(3,4)5)24-20(2)34-19-35-27(24)36(28(25)37)41-18-21-12-8-7-9-13-21/h7-15,19,32H,6,16-18H2,1-5H3,(H,33,39). The lowest BCUT2D eigenvalue weighted by molar-refractivity contribution is 0.0507. The van der Waals surface area contributed by atoms with Gasteiger partial charge in [0.05, 0.1) is 23.4 Å². The number of aromatic nitrogens is 3. The van der Waals surface area contributed by atoms with Gasteiger partial charge in [0.2, 0.25) is 0 Å². The van der Waals surface area contributed by atoms with Crippen LogP contribution in [-0.2, 0) is 29.2 Å². The first kappa shape index (κ1) is 30.0. The third-order valence-corrected chi connectivity index (χ3v) is 6.19. The number of benzene rings is 2. The molecule has 0 aliphatic rings. The highest BCUT2D eigenvalue weighted by molar-refractivity contribution is 6.04. The number of ether oxygens (including phenoxy) is 2. The first-order valence-corrected chi connectivity index (χ1v) is 13.6. The van der Waals surface area contributed by atoms with E-state index >= 15 is 0 Å². The molecule has 0 saturated heterocycles. The molecule has 1 amide bonds. The number of fused-ring (bicyclic) bond motifs is 1. The van der Waals surface area contributed by atoms with Crippen LogP contribution in [0, 0.1) is 6.92 Å². The fourth-order valence-electron chi connectivity index (χ4n) is 4.31. The largest absolute Gasteiger partial charge is 0.462 e. The van der Waals surface area contributed by atoms with Crippen molar-refractivity contribution in [3.05, 3.63) is 99.2 Å². The SMILES string of the molecule is CCOC(=O)c1c(NCc2ccccc2CNC(=O)OC(C)(C)C)c2c(C)ncnc2n(OCc2ccccc2)c1=O. The topological polar surface area (TPSA) is 134 Å². The maximum atomic E-state index is 13.8. The van der Waals surface area contributed by atoms with Gasteiger partial charge in [-0.3, -0.25) is 4.79 Å². The highest BCUT2D eigenvalue weighted by atomic mass is 16.7. The van der Waals surface area contributed by atoms with Crippen molar-refractivity contribution in [1.82, 2.24) is 20.0 Å². The summed E-state index contributed by atoms with van der Waals surface area (Å²) in [6.07, 6.45) is 0.804. The normalized spacial score (nSPS) is 11.2. The number of alkyl carbamates (subject to hydrolysis) is 1. The average molecular weight is 574 g/mol. The van der Waals surface area contributed by atoms with E-state index in [0.29, 0.717) is 11.1 Å². The van der Waals surface area contributed by atoms with Gasteiger partial charge in [-0.25, -0.2) is 19.6 Å². The zero-order chi connectivity index (χ0) is 30.3. The van der Waals surface area contributed by atoms with E-state index in [1.54, 1.807) is 34.6 Å². The molecule has 0 fully saturated rings. The molecule has 0 atom stereocenters. The van der Waals surface area contributed by atoms with Crippen molar-refractivity contribution in [3.63, 3.8) is 0 Å². The van der Waals surface area contributed by atoms with Crippen molar-refractivity contribution in [3.8, 4) is 0 Å². The fraction of sp³-hybridized carbons (Fsp3) is 0.323. The quantitative estimate of drug-likeness (QED) is 0.262. The Morgan fingerprint density at radius 3 is 2.29 bits per heavy atom. The van der Waals surface area contributed by atoms with Crippen LogP contribution in [0.3, 0.4) is 0 Å². The van der Waals surface area contributed by atoms with Gasteiger partial charge in [0.25, 0.3) is 0 Å². The molecule has 11 nitrogen and oxygen atoms in total. The van der Waals surface area contributed by atoms with Crippen LogP contribution in [0.15, 0.2) is 65.7 Å². The van der Waals surface area contributed by atoms with E-state index in [0.717, 1.165) is 21.4 Å². The number of nitrogens with zero attached hydrogens (tertiary/aromatic N) is 3. The molecule has 4 rings (SSSR count). The molecule has 220 valence electrons. The minimum absolute atomic E-state index is 0.0735. The number of anilines is 1. The molecule has 0 saturated carbocycles. The predicted molar refractivity (Wildman–Crippen MR) is 158 cm³/mol. The maximum Gasteiger partial charge on any atom is 0.407 e. The molecular formula is C31H35N5O6. The Hall–Kier alpha value is -4.93. The van der Waals surface area contributed by atoms with Gasteiger partial charge in [0.1, 0.15) is 18.5 Å². The second-order valence-electron chi connectivity index (χ2n) is 10.5. The Labute approximate surface area is 243 Å². The van der Waals surface area contributed by atoms with Gasteiger partial charge in [-0.05, 0) is 51.3 Å². The van der Waals surface area contributed by atoms with Crippen molar-refractivity contribution in [1.29, 1.82) is 0 Å². The number of carbonyl (C=O) groups excluding carboxylic acids is 2. The molecule has 0 aliphatic carbocycles. The summed E-state index contributed by atoms with van der Waals surface area (Å²) >= 11 is 0. The number of hydrogen-bond donors (Lipinski definition) is 2. The van der Waals surface area contributed by atoms with E-state index in [1.165, 1.54) is 6.33 Å². The molecule has 2 aromatic carbocycles. The minimum atomic E-state index is -0.799. The van der Waals surface area contributed by atoms with Crippen LogP contribution in [0.2, 0.25) is 0 Å². The Kier molecular flexibility index (Phi) is 9.41. The number of esters is 1. The zero-order valence-electron chi connectivity index (χ0n) is 24.4. The third kappa shape index (κ3) is 7.22. The van der Waals surface area contributed by atoms with Crippen LogP contribution in [0.25, 0.3) is 11.0 Å². The molecule has 2 heterocycles. The van der Waals surface area contributed by atoms with Gasteiger partial charge in [0, 0.05) is 13.1 Å². The fourth-order valence-corrected chi connectivity index (χ4v) is 4.31. The Morgan fingerprint density at radius 1 is 0.952 bits per heavy atom. The summed E-state index contributed by atoms with van der Waals surface area (Å²) in [7, 11) is 0. The van der Waals surface area contributed by atoms with E-state index in [4.69, 9.17) is 14.3 Å². The molecule has 11 heteroatoms. The highest BCUT2D eigenvalue weighted by Gasteiger charge is 2.27. The lowest BCUT2D eigenvalue weighted by Crippen LogP contribution is -2.34. The number of amides is 1. The smallest absolute Gasteiger partial charge is 0.407 e. The summed E-state index contributed by atoms with van der Waals surface area (Å²) in [5.41, 5.74) is 1.91. The minimum Gasteiger partial charge on any atom is -0.462 e. The zero-order valence-corrected chi connectivity index (χ0v) is 24.4. The first-order valence-electron chi connectivity index (χ1n) is 13.6. The summed E-state index contributed by atoms with van der Waals surface area (Å²) in [6.45, 7) is 9.39. The number of hydrogen-bond acceptors (Lipinski definition) is 9. The van der Waals surface area contributed by atoms with Gasteiger partial charge in [0.15, 0.2) is 11.2 Å². The van der Waals surface area contributed by atoms with E-state index in [2.05, 4.69) is 20.6 Å². The van der Waals surface area contributed by atoms with Gasteiger partial charge >= 0.3 is 17.6 Å². The molecule has 2 N–H and O–H groups in total. The highest BCUT2D eigenvalue weighted by Crippen LogP contribution is 2.28. The molecule has 4 aromatic rings. The van der Waals surface area contributed by atoms with Crippen LogP contribution in [0.1, 0.15) is 60.4 Å². The monoisotopic (exact) mass is 573 g/mol. The number of rotatable bonds is 10. The van der Waals surface area contributed by atoms with Crippen LogP contribution in [0.5, 0.6) is 0 Å². The van der Waals surface area contributed by atoms with E-state index in [-0.39, 0.29) is 43.2 Å². The molecule has 2 aromatic heterocycles. The maximum absolute atomic E-state index is 13.8. The van der Waals surface area contributed by atoms with E-state index in [9.17, 15) is 14.4 Å². The third-order valence-electron chi connectivity index (χ3n) is 6.19. The van der Waals surface area contributed by atoms with Crippen molar-refractivity contribution >= 4 is 28.8 Å². The van der Waals surface area contributed by atoms with Crippen LogP contribution in [-0.4, -0.2) is 39.0 Å².